The first-order chi connectivity index (χ1) is 7.75. The van der Waals surface area contributed by atoms with Crippen molar-refractivity contribution >= 4 is 6.03 Å². The van der Waals surface area contributed by atoms with Crippen LogP contribution in [0.4, 0.5) is 4.79 Å². The standard InChI is InChI=1S/C13H18N2O/c1-10-5-2-3-6-11(10)9-14-13(16)15-12-7-4-8-12/h2-3,5-6,12H,4,7-9H2,1H3,(H2,14,15,16). The molecule has 0 unspecified atom stereocenters. The van der Waals surface area contributed by atoms with E-state index in [0.717, 1.165) is 12.8 Å². The molecule has 1 fully saturated rings. The Kier molecular flexibility index (Phi) is 3.44. The summed E-state index contributed by atoms with van der Waals surface area (Å²) in [7, 11) is 0. The van der Waals surface area contributed by atoms with Crippen LogP contribution in [0.1, 0.15) is 30.4 Å². The second-order valence-electron chi connectivity index (χ2n) is 4.38. The van der Waals surface area contributed by atoms with Crippen LogP contribution in [0.15, 0.2) is 24.3 Å². The minimum atomic E-state index is -0.0482. The van der Waals surface area contributed by atoms with E-state index in [1.165, 1.54) is 17.5 Å². The van der Waals surface area contributed by atoms with Crippen LogP contribution in [0.25, 0.3) is 0 Å². The van der Waals surface area contributed by atoms with Gasteiger partial charge >= 0.3 is 6.03 Å². The molecule has 0 bridgehead atoms. The van der Waals surface area contributed by atoms with Crippen molar-refractivity contribution in [2.75, 3.05) is 0 Å². The van der Waals surface area contributed by atoms with Crippen LogP contribution >= 0.6 is 0 Å². The molecule has 1 aromatic carbocycles. The quantitative estimate of drug-likeness (QED) is 0.803. The lowest BCUT2D eigenvalue weighted by Gasteiger charge is -2.26. The lowest BCUT2D eigenvalue weighted by Crippen LogP contribution is -2.44. The van der Waals surface area contributed by atoms with Gasteiger partial charge in [-0.3, -0.25) is 0 Å². The smallest absolute Gasteiger partial charge is 0.315 e. The van der Waals surface area contributed by atoms with E-state index in [9.17, 15) is 4.79 Å². The zero-order chi connectivity index (χ0) is 11.4. The minimum Gasteiger partial charge on any atom is -0.335 e. The Labute approximate surface area is 96.2 Å². The lowest BCUT2D eigenvalue weighted by molar-refractivity contribution is 0.228. The number of aryl methyl sites for hydroxylation is 1. The topological polar surface area (TPSA) is 41.1 Å². The number of benzene rings is 1. The predicted molar refractivity (Wildman–Crippen MR) is 64.2 cm³/mol. The van der Waals surface area contributed by atoms with E-state index in [1.807, 2.05) is 18.2 Å². The maximum Gasteiger partial charge on any atom is 0.315 e. The first-order valence-electron chi connectivity index (χ1n) is 5.84. The zero-order valence-electron chi connectivity index (χ0n) is 9.62. The minimum absolute atomic E-state index is 0.0482. The van der Waals surface area contributed by atoms with Crippen LogP contribution in [-0.2, 0) is 6.54 Å². The van der Waals surface area contributed by atoms with Crippen LogP contribution in [-0.4, -0.2) is 12.1 Å². The maximum absolute atomic E-state index is 11.5. The van der Waals surface area contributed by atoms with Gasteiger partial charge in [-0.2, -0.15) is 0 Å². The molecule has 1 aliphatic rings. The highest BCUT2D eigenvalue weighted by molar-refractivity contribution is 5.74. The third-order valence-electron chi connectivity index (χ3n) is 3.14. The first kappa shape index (κ1) is 11.0. The second kappa shape index (κ2) is 5.01. The van der Waals surface area contributed by atoms with Gasteiger partial charge in [0.25, 0.3) is 0 Å². The molecule has 0 atom stereocenters. The van der Waals surface area contributed by atoms with Gasteiger partial charge in [0.2, 0.25) is 0 Å². The van der Waals surface area contributed by atoms with Crippen molar-refractivity contribution in [3.05, 3.63) is 35.4 Å². The Morgan fingerprint density at radius 2 is 2.12 bits per heavy atom. The maximum atomic E-state index is 11.5. The van der Waals surface area contributed by atoms with Crippen molar-refractivity contribution in [1.29, 1.82) is 0 Å². The van der Waals surface area contributed by atoms with Gasteiger partial charge in [-0.25, -0.2) is 4.79 Å². The van der Waals surface area contributed by atoms with Crippen LogP contribution < -0.4 is 10.6 Å². The van der Waals surface area contributed by atoms with Gasteiger partial charge in [0.1, 0.15) is 0 Å². The Hall–Kier alpha value is -1.51. The predicted octanol–water partition coefficient (Wildman–Crippen LogP) is 2.35. The van der Waals surface area contributed by atoms with E-state index in [2.05, 4.69) is 23.6 Å². The van der Waals surface area contributed by atoms with Gasteiger partial charge in [0, 0.05) is 12.6 Å². The van der Waals surface area contributed by atoms with Crippen LogP contribution in [0, 0.1) is 6.92 Å². The first-order valence-corrected chi connectivity index (χ1v) is 5.84. The zero-order valence-corrected chi connectivity index (χ0v) is 9.62. The summed E-state index contributed by atoms with van der Waals surface area (Å²) >= 11 is 0. The molecule has 0 spiro atoms. The highest BCUT2D eigenvalue weighted by Gasteiger charge is 2.18. The molecule has 3 nitrogen and oxygen atoms in total. The number of hydrogen-bond acceptors (Lipinski definition) is 1. The summed E-state index contributed by atoms with van der Waals surface area (Å²) in [5.41, 5.74) is 2.39. The average molecular weight is 218 g/mol. The highest BCUT2D eigenvalue weighted by atomic mass is 16.2. The summed E-state index contributed by atoms with van der Waals surface area (Å²) in [5, 5.41) is 5.84. The summed E-state index contributed by atoms with van der Waals surface area (Å²) in [6.07, 6.45) is 3.48. The average Bonchev–Trinajstić information content (AvgIpc) is 2.22. The molecule has 0 saturated heterocycles. The fourth-order valence-corrected chi connectivity index (χ4v) is 1.77. The van der Waals surface area contributed by atoms with E-state index in [-0.39, 0.29) is 6.03 Å². The number of nitrogens with one attached hydrogen (secondary N) is 2. The molecule has 0 heterocycles. The van der Waals surface area contributed by atoms with E-state index < -0.39 is 0 Å². The molecule has 1 aromatic rings. The highest BCUT2D eigenvalue weighted by Crippen LogP contribution is 2.17. The number of amides is 2. The largest absolute Gasteiger partial charge is 0.335 e. The van der Waals surface area contributed by atoms with Crippen LogP contribution in [0.3, 0.4) is 0 Å². The molecule has 1 aliphatic carbocycles. The van der Waals surface area contributed by atoms with Gasteiger partial charge in [-0.1, -0.05) is 24.3 Å². The molecule has 0 aromatic heterocycles. The number of urea groups is 1. The third-order valence-corrected chi connectivity index (χ3v) is 3.14. The number of hydrogen-bond donors (Lipinski definition) is 2. The summed E-state index contributed by atoms with van der Waals surface area (Å²) in [4.78, 5) is 11.5. The van der Waals surface area contributed by atoms with E-state index >= 15 is 0 Å². The Morgan fingerprint density at radius 3 is 2.75 bits per heavy atom. The summed E-state index contributed by atoms with van der Waals surface area (Å²) in [5.74, 6) is 0. The molecule has 1 saturated carbocycles. The molecule has 2 N–H and O–H groups in total. The van der Waals surface area contributed by atoms with Gasteiger partial charge in [0.15, 0.2) is 0 Å². The van der Waals surface area contributed by atoms with Gasteiger partial charge in [-0.15, -0.1) is 0 Å². The Bertz CT molecular complexity index is 372. The van der Waals surface area contributed by atoms with Crippen LogP contribution in [0.5, 0.6) is 0 Å². The summed E-state index contributed by atoms with van der Waals surface area (Å²) in [6, 6.07) is 8.45. The van der Waals surface area contributed by atoms with Crippen molar-refractivity contribution in [3.63, 3.8) is 0 Å². The fraction of sp³-hybridized carbons (Fsp3) is 0.462. The van der Waals surface area contributed by atoms with Crippen molar-refractivity contribution in [2.45, 2.75) is 38.8 Å². The Morgan fingerprint density at radius 1 is 1.38 bits per heavy atom. The second-order valence-corrected chi connectivity index (χ2v) is 4.38. The number of carbonyl (C=O) groups excluding carboxylic acids is 1. The fourth-order valence-electron chi connectivity index (χ4n) is 1.77. The molecule has 86 valence electrons. The van der Waals surface area contributed by atoms with Crippen molar-refractivity contribution in [1.82, 2.24) is 10.6 Å². The van der Waals surface area contributed by atoms with E-state index in [1.54, 1.807) is 0 Å². The molecular weight excluding hydrogens is 200 g/mol. The van der Waals surface area contributed by atoms with Crippen molar-refractivity contribution in [3.8, 4) is 0 Å². The molecular formula is C13H18N2O. The molecule has 2 amide bonds. The summed E-state index contributed by atoms with van der Waals surface area (Å²) < 4.78 is 0. The lowest BCUT2D eigenvalue weighted by atomic mass is 9.93. The molecule has 2 rings (SSSR count). The normalized spacial score (nSPS) is 15.3. The third kappa shape index (κ3) is 2.75. The molecule has 16 heavy (non-hydrogen) atoms. The SMILES string of the molecule is Cc1ccccc1CNC(=O)NC1CCC1. The van der Waals surface area contributed by atoms with E-state index in [4.69, 9.17) is 0 Å². The monoisotopic (exact) mass is 218 g/mol. The van der Waals surface area contributed by atoms with Crippen molar-refractivity contribution in [2.24, 2.45) is 0 Å². The molecule has 0 aliphatic heterocycles. The molecule has 0 radical (unpaired) electrons. The van der Waals surface area contributed by atoms with Gasteiger partial charge < -0.3 is 10.6 Å². The number of carbonyl (C=O) groups is 1. The number of rotatable bonds is 3. The van der Waals surface area contributed by atoms with Crippen molar-refractivity contribution < 1.29 is 4.79 Å². The Balaban J connectivity index is 1.78. The van der Waals surface area contributed by atoms with Gasteiger partial charge in [0.05, 0.1) is 0 Å². The van der Waals surface area contributed by atoms with E-state index in [0.29, 0.717) is 12.6 Å². The van der Waals surface area contributed by atoms with Gasteiger partial charge in [-0.05, 0) is 37.3 Å². The molecule has 3 heteroatoms. The summed E-state index contributed by atoms with van der Waals surface area (Å²) in [6.45, 7) is 2.66. The van der Waals surface area contributed by atoms with Crippen LogP contribution in [0.2, 0.25) is 0 Å².